The van der Waals surface area contributed by atoms with Crippen LogP contribution in [-0.4, -0.2) is 15.9 Å². The molecule has 1 atom stereocenters. The first-order valence-electron chi connectivity index (χ1n) is 7.85. The van der Waals surface area contributed by atoms with E-state index in [1.54, 1.807) is 13.0 Å². The number of aromatic amines is 1. The van der Waals surface area contributed by atoms with Crippen LogP contribution in [0.4, 0.5) is 13.2 Å². The summed E-state index contributed by atoms with van der Waals surface area (Å²) >= 11 is 0. The summed E-state index contributed by atoms with van der Waals surface area (Å²) in [5, 5.41) is 2.62. The Morgan fingerprint density at radius 3 is 2.72 bits per heavy atom. The fourth-order valence-electron chi connectivity index (χ4n) is 2.87. The van der Waals surface area contributed by atoms with Crippen molar-refractivity contribution in [2.24, 2.45) is 0 Å². The summed E-state index contributed by atoms with van der Waals surface area (Å²) in [5.74, 6) is -0.566. The number of H-pyrrole nitrogens is 1. The van der Waals surface area contributed by atoms with Crippen LogP contribution in [0.2, 0.25) is 0 Å². The molecule has 0 spiro atoms. The van der Waals surface area contributed by atoms with Crippen molar-refractivity contribution in [3.8, 4) is 0 Å². The number of amides is 1. The number of rotatable bonds is 3. The van der Waals surface area contributed by atoms with E-state index in [4.69, 9.17) is 0 Å². The van der Waals surface area contributed by atoms with Crippen molar-refractivity contribution in [1.29, 1.82) is 0 Å². The minimum atomic E-state index is -4.51. The number of hydrogen-bond acceptors (Lipinski definition) is 3. The number of carbonyl (C=O) groups is 1. The molecule has 2 N–H and O–H groups in total. The van der Waals surface area contributed by atoms with E-state index in [9.17, 15) is 22.8 Å². The third kappa shape index (κ3) is 3.57. The van der Waals surface area contributed by atoms with E-state index in [-0.39, 0.29) is 5.56 Å². The van der Waals surface area contributed by atoms with Gasteiger partial charge in [-0.3, -0.25) is 14.6 Å². The zero-order valence-corrected chi connectivity index (χ0v) is 13.4. The number of fused-ring (bicyclic) bond motifs is 1. The van der Waals surface area contributed by atoms with Gasteiger partial charge in [-0.1, -0.05) is 6.07 Å². The topological polar surface area (TPSA) is 74.8 Å². The molecule has 0 radical (unpaired) electrons. The molecule has 0 unspecified atom stereocenters. The number of hydrogen-bond donors (Lipinski definition) is 2. The molecule has 0 saturated carbocycles. The molecule has 0 saturated heterocycles. The van der Waals surface area contributed by atoms with Gasteiger partial charge in [0, 0.05) is 11.9 Å². The summed E-state index contributed by atoms with van der Waals surface area (Å²) in [7, 11) is 0. The normalized spacial score (nSPS) is 14.9. The first kappa shape index (κ1) is 17.2. The third-order valence-electron chi connectivity index (χ3n) is 4.26. The molecule has 1 amide bonds. The van der Waals surface area contributed by atoms with Crippen molar-refractivity contribution in [2.75, 3.05) is 0 Å². The summed E-state index contributed by atoms with van der Waals surface area (Å²) in [4.78, 5) is 30.5. The first-order valence-corrected chi connectivity index (χ1v) is 7.85. The quantitative estimate of drug-likeness (QED) is 0.893. The van der Waals surface area contributed by atoms with Crippen LogP contribution in [0.5, 0.6) is 0 Å². The summed E-state index contributed by atoms with van der Waals surface area (Å²) in [6.07, 6.45) is -0.904. The third-order valence-corrected chi connectivity index (χ3v) is 4.26. The van der Waals surface area contributed by atoms with Crippen LogP contribution in [-0.2, 0) is 19.0 Å². The molecule has 0 aromatic carbocycles. The van der Waals surface area contributed by atoms with E-state index < -0.39 is 29.4 Å². The van der Waals surface area contributed by atoms with Crippen molar-refractivity contribution < 1.29 is 18.0 Å². The Labute approximate surface area is 141 Å². The van der Waals surface area contributed by atoms with Crippen LogP contribution in [0.1, 0.15) is 52.3 Å². The molecule has 0 aliphatic heterocycles. The van der Waals surface area contributed by atoms with Gasteiger partial charge in [-0.15, -0.1) is 0 Å². The van der Waals surface area contributed by atoms with Crippen LogP contribution in [0, 0.1) is 0 Å². The SMILES string of the molecule is C[C@@H](NC(=O)c1cc2c([nH]c1=O)CCC2)c1ccc(C(F)(F)F)nc1. The number of carbonyl (C=O) groups excluding carboxylic acids is 1. The van der Waals surface area contributed by atoms with Gasteiger partial charge in [-0.2, -0.15) is 13.2 Å². The zero-order chi connectivity index (χ0) is 18.2. The van der Waals surface area contributed by atoms with Crippen LogP contribution in [0.25, 0.3) is 0 Å². The van der Waals surface area contributed by atoms with Crippen molar-refractivity contribution in [1.82, 2.24) is 15.3 Å². The van der Waals surface area contributed by atoms with Gasteiger partial charge in [0.15, 0.2) is 0 Å². The van der Waals surface area contributed by atoms with Crippen LogP contribution < -0.4 is 10.9 Å². The Bertz CT molecular complexity index is 857. The molecular formula is C17H16F3N3O2. The molecule has 5 nitrogen and oxygen atoms in total. The van der Waals surface area contributed by atoms with Crippen molar-refractivity contribution in [3.63, 3.8) is 0 Å². The van der Waals surface area contributed by atoms with Gasteiger partial charge in [0.1, 0.15) is 11.3 Å². The maximum absolute atomic E-state index is 12.5. The summed E-state index contributed by atoms with van der Waals surface area (Å²) in [6, 6.07) is 3.12. The van der Waals surface area contributed by atoms with Crippen LogP contribution in [0.15, 0.2) is 29.2 Å². The van der Waals surface area contributed by atoms with Gasteiger partial charge < -0.3 is 10.3 Å². The monoisotopic (exact) mass is 351 g/mol. The Balaban J connectivity index is 1.76. The Hall–Kier alpha value is -2.64. The highest BCUT2D eigenvalue weighted by Gasteiger charge is 2.32. The second-order valence-corrected chi connectivity index (χ2v) is 6.04. The predicted molar refractivity (Wildman–Crippen MR) is 84.2 cm³/mol. The molecule has 2 heterocycles. The van der Waals surface area contributed by atoms with Crippen LogP contribution in [0.3, 0.4) is 0 Å². The molecule has 0 fully saturated rings. The van der Waals surface area contributed by atoms with Gasteiger partial charge in [0.2, 0.25) is 0 Å². The maximum atomic E-state index is 12.5. The smallest absolute Gasteiger partial charge is 0.345 e. The van der Waals surface area contributed by atoms with E-state index in [0.29, 0.717) is 5.56 Å². The number of halogens is 3. The molecule has 8 heteroatoms. The molecule has 25 heavy (non-hydrogen) atoms. The molecule has 3 rings (SSSR count). The van der Waals surface area contributed by atoms with E-state index in [1.807, 2.05) is 0 Å². The molecule has 2 aromatic rings. The predicted octanol–water partition coefficient (Wildman–Crippen LogP) is 2.77. The van der Waals surface area contributed by atoms with Gasteiger partial charge in [0.25, 0.3) is 11.5 Å². The second kappa shape index (κ2) is 6.34. The minimum absolute atomic E-state index is 0.00682. The second-order valence-electron chi connectivity index (χ2n) is 6.04. The first-order chi connectivity index (χ1) is 11.8. The number of nitrogens with zero attached hydrogens (tertiary/aromatic N) is 1. The molecule has 2 aromatic heterocycles. The average Bonchev–Trinajstić information content (AvgIpc) is 3.00. The number of nitrogens with one attached hydrogen (secondary N) is 2. The minimum Gasteiger partial charge on any atom is -0.345 e. The van der Waals surface area contributed by atoms with E-state index in [2.05, 4.69) is 15.3 Å². The molecule has 1 aliphatic rings. The lowest BCUT2D eigenvalue weighted by molar-refractivity contribution is -0.141. The van der Waals surface area contributed by atoms with Crippen molar-refractivity contribution in [3.05, 3.63) is 62.8 Å². The van der Waals surface area contributed by atoms with Crippen molar-refractivity contribution >= 4 is 5.91 Å². The fraction of sp³-hybridized carbons (Fsp3) is 0.353. The van der Waals surface area contributed by atoms with E-state index >= 15 is 0 Å². The highest BCUT2D eigenvalue weighted by Crippen LogP contribution is 2.28. The van der Waals surface area contributed by atoms with Crippen LogP contribution >= 0.6 is 0 Å². The largest absolute Gasteiger partial charge is 0.433 e. The maximum Gasteiger partial charge on any atom is 0.433 e. The lowest BCUT2D eigenvalue weighted by Gasteiger charge is -2.15. The molecule has 0 bridgehead atoms. The number of aryl methyl sites for hydroxylation is 2. The summed E-state index contributed by atoms with van der Waals surface area (Å²) in [5.41, 5.74) is 0.780. The number of pyridine rings is 2. The molecule has 132 valence electrons. The van der Waals surface area contributed by atoms with Gasteiger partial charge in [-0.25, -0.2) is 0 Å². The summed E-state index contributed by atoms with van der Waals surface area (Å²) in [6.45, 7) is 1.61. The molecule has 1 aliphatic carbocycles. The average molecular weight is 351 g/mol. The lowest BCUT2D eigenvalue weighted by atomic mass is 10.1. The highest BCUT2D eigenvalue weighted by atomic mass is 19.4. The van der Waals surface area contributed by atoms with Crippen molar-refractivity contribution in [2.45, 2.75) is 38.4 Å². The van der Waals surface area contributed by atoms with E-state index in [1.165, 1.54) is 6.07 Å². The standard InChI is InChI=1S/C17H16F3N3O2/c1-9(11-5-6-14(21-8-11)17(18,19)20)22-15(24)12-7-10-3-2-4-13(10)23-16(12)25/h5-9H,2-4H2,1H3,(H,22,24)(H,23,25)/t9-/m1/s1. The Kier molecular flexibility index (Phi) is 4.36. The van der Waals surface area contributed by atoms with Gasteiger partial charge in [0.05, 0.1) is 6.04 Å². The Morgan fingerprint density at radius 1 is 1.32 bits per heavy atom. The number of alkyl halides is 3. The van der Waals surface area contributed by atoms with Gasteiger partial charge >= 0.3 is 6.18 Å². The fourth-order valence-corrected chi connectivity index (χ4v) is 2.87. The lowest BCUT2D eigenvalue weighted by Crippen LogP contribution is -2.32. The Morgan fingerprint density at radius 2 is 2.08 bits per heavy atom. The zero-order valence-electron chi connectivity index (χ0n) is 13.4. The van der Waals surface area contributed by atoms with Gasteiger partial charge in [-0.05, 0) is 49.4 Å². The number of aromatic nitrogens is 2. The highest BCUT2D eigenvalue weighted by molar-refractivity contribution is 5.94. The van der Waals surface area contributed by atoms with E-state index in [0.717, 1.165) is 42.8 Å². The summed E-state index contributed by atoms with van der Waals surface area (Å²) < 4.78 is 37.6. The molecular weight excluding hydrogens is 335 g/mol.